The SMILES string of the molecule is CCC/C=C/C/C=C/CCCCCCCC1(CCCCCCCC/C=C\C/C=C\CCCCC)OCC(CCCC(C)C(C)(C)C2=CCCN=C2)O1. The van der Waals surface area contributed by atoms with E-state index in [-0.39, 0.29) is 17.3 Å². The number of ether oxygens (including phenoxy) is 2. The van der Waals surface area contributed by atoms with E-state index in [0.717, 1.165) is 51.7 Å². The van der Waals surface area contributed by atoms with Gasteiger partial charge in [0.1, 0.15) is 0 Å². The van der Waals surface area contributed by atoms with Crippen molar-refractivity contribution in [1.82, 2.24) is 0 Å². The van der Waals surface area contributed by atoms with Crippen molar-refractivity contribution >= 4 is 6.21 Å². The Bertz CT molecular complexity index is 1030. The summed E-state index contributed by atoms with van der Waals surface area (Å²) >= 11 is 0. The fourth-order valence-corrected chi connectivity index (χ4v) is 7.63. The zero-order chi connectivity index (χ0) is 37.4. The highest BCUT2D eigenvalue weighted by atomic mass is 16.7. The molecule has 0 N–H and O–H groups in total. The zero-order valence-corrected chi connectivity index (χ0v) is 35.2. The van der Waals surface area contributed by atoms with E-state index >= 15 is 0 Å². The van der Waals surface area contributed by atoms with Gasteiger partial charge in [0, 0.05) is 25.6 Å². The summed E-state index contributed by atoms with van der Waals surface area (Å²) in [6.45, 7) is 13.5. The number of aliphatic imine (C=N–C) groups is 1. The smallest absolute Gasteiger partial charge is 0.168 e. The zero-order valence-electron chi connectivity index (χ0n) is 35.2. The van der Waals surface area contributed by atoms with Crippen molar-refractivity contribution in [2.45, 2.75) is 220 Å². The Morgan fingerprint density at radius 3 is 1.77 bits per heavy atom. The molecule has 2 aliphatic heterocycles. The Kier molecular flexibility index (Phi) is 27.3. The molecule has 0 saturated carbocycles. The van der Waals surface area contributed by atoms with Crippen LogP contribution in [-0.4, -0.2) is 31.3 Å². The van der Waals surface area contributed by atoms with Gasteiger partial charge in [-0.3, -0.25) is 4.99 Å². The summed E-state index contributed by atoms with van der Waals surface area (Å²) in [5.41, 5.74) is 1.59. The highest BCUT2D eigenvalue weighted by Crippen LogP contribution is 2.40. The van der Waals surface area contributed by atoms with Crippen LogP contribution in [0, 0.1) is 11.3 Å². The molecule has 0 bridgehead atoms. The quantitative estimate of drug-likeness (QED) is 0.0499. The van der Waals surface area contributed by atoms with Gasteiger partial charge < -0.3 is 9.47 Å². The molecule has 3 heteroatoms. The van der Waals surface area contributed by atoms with Crippen molar-refractivity contribution in [3.05, 3.63) is 60.3 Å². The average molecular weight is 720 g/mol. The van der Waals surface area contributed by atoms with Gasteiger partial charge in [-0.1, -0.05) is 160 Å². The van der Waals surface area contributed by atoms with Gasteiger partial charge in [-0.05, 0) is 107 Å². The molecule has 3 unspecified atom stereocenters. The number of dihydropyridines is 1. The van der Waals surface area contributed by atoms with Crippen molar-refractivity contribution in [3.8, 4) is 0 Å². The van der Waals surface area contributed by atoms with E-state index in [1.165, 1.54) is 140 Å². The Morgan fingerprint density at radius 2 is 1.23 bits per heavy atom. The van der Waals surface area contributed by atoms with Crippen molar-refractivity contribution in [3.63, 3.8) is 0 Å². The van der Waals surface area contributed by atoms with Gasteiger partial charge in [-0.2, -0.15) is 0 Å². The van der Waals surface area contributed by atoms with Crippen LogP contribution in [0.3, 0.4) is 0 Å². The van der Waals surface area contributed by atoms with Crippen LogP contribution in [-0.2, 0) is 9.47 Å². The van der Waals surface area contributed by atoms with Crippen LogP contribution in [0.4, 0.5) is 0 Å². The Labute approximate surface area is 324 Å². The number of hydrogen-bond donors (Lipinski definition) is 0. The van der Waals surface area contributed by atoms with Crippen LogP contribution < -0.4 is 0 Å². The summed E-state index contributed by atoms with van der Waals surface area (Å²) in [5, 5.41) is 0. The third-order valence-corrected chi connectivity index (χ3v) is 11.7. The molecule has 0 radical (unpaired) electrons. The summed E-state index contributed by atoms with van der Waals surface area (Å²) in [4.78, 5) is 4.57. The van der Waals surface area contributed by atoms with Gasteiger partial charge in [0.15, 0.2) is 5.79 Å². The lowest BCUT2D eigenvalue weighted by Gasteiger charge is -2.34. The van der Waals surface area contributed by atoms with Gasteiger partial charge in [0.2, 0.25) is 0 Å². The van der Waals surface area contributed by atoms with E-state index in [2.05, 4.69) is 101 Å². The molecule has 0 aromatic heterocycles. The van der Waals surface area contributed by atoms with Gasteiger partial charge in [-0.15, -0.1) is 0 Å². The normalized spacial score (nSPS) is 20.4. The van der Waals surface area contributed by atoms with Crippen LogP contribution in [0.5, 0.6) is 0 Å². The van der Waals surface area contributed by atoms with E-state index in [4.69, 9.17) is 9.47 Å². The molecule has 3 nitrogen and oxygen atoms in total. The minimum absolute atomic E-state index is 0.171. The maximum Gasteiger partial charge on any atom is 0.168 e. The van der Waals surface area contributed by atoms with Gasteiger partial charge in [0.25, 0.3) is 0 Å². The largest absolute Gasteiger partial charge is 0.347 e. The van der Waals surface area contributed by atoms with Crippen molar-refractivity contribution in [2.75, 3.05) is 13.2 Å². The maximum absolute atomic E-state index is 6.88. The molecule has 2 rings (SSSR count). The fraction of sp³-hybridized carbons (Fsp3) is 0.776. The summed E-state index contributed by atoms with van der Waals surface area (Å²) in [5.74, 6) is 0.272. The molecule has 52 heavy (non-hydrogen) atoms. The van der Waals surface area contributed by atoms with E-state index in [9.17, 15) is 0 Å². The van der Waals surface area contributed by atoms with Crippen LogP contribution in [0.1, 0.15) is 208 Å². The standard InChI is InChI=1S/C49H85NO2/c1-6-8-10-12-14-16-18-20-21-22-24-26-28-30-32-34-41-49(40-33-31-29-27-25-23-19-17-15-13-11-9-7-2)51-44-47(52-49)39-35-37-45(3)48(4,5)46-38-36-42-50-43-46/h11,13-14,16-17,19-21,38,43,45,47H,6-10,12,15,18,22-37,39-42,44H2,1-5H3/b13-11+,16-14-,19-17+,21-20-. The molecule has 0 spiro atoms. The molecule has 0 amide bonds. The third-order valence-electron chi connectivity index (χ3n) is 11.7. The van der Waals surface area contributed by atoms with Crippen LogP contribution >= 0.6 is 0 Å². The number of allylic oxidation sites excluding steroid dienone is 9. The molecule has 0 aliphatic carbocycles. The second-order valence-electron chi connectivity index (χ2n) is 16.6. The van der Waals surface area contributed by atoms with E-state index in [0.29, 0.717) is 5.92 Å². The third kappa shape index (κ3) is 21.9. The molecule has 1 fully saturated rings. The Hall–Kier alpha value is -1.71. The van der Waals surface area contributed by atoms with Crippen LogP contribution in [0.15, 0.2) is 65.2 Å². The number of rotatable bonds is 33. The van der Waals surface area contributed by atoms with E-state index < -0.39 is 0 Å². The van der Waals surface area contributed by atoms with Gasteiger partial charge in [-0.25, -0.2) is 0 Å². The minimum Gasteiger partial charge on any atom is -0.347 e. The summed E-state index contributed by atoms with van der Waals surface area (Å²) < 4.78 is 13.5. The molecule has 2 aliphatic rings. The predicted octanol–water partition coefficient (Wildman–Crippen LogP) is 15.6. The molecular weight excluding hydrogens is 635 g/mol. The monoisotopic (exact) mass is 720 g/mol. The molecule has 1 saturated heterocycles. The lowest BCUT2D eigenvalue weighted by atomic mass is 9.71. The minimum atomic E-state index is -0.345. The number of unbranched alkanes of at least 4 members (excludes halogenated alkanes) is 15. The number of nitrogens with zero attached hydrogens (tertiary/aromatic N) is 1. The van der Waals surface area contributed by atoms with Crippen LogP contribution in [0.25, 0.3) is 0 Å². The topological polar surface area (TPSA) is 30.8 Å². The molecule has 2 heterocycles. The maximum atomic E-state index is 6.88. The van der Waals surface area contributed by atoms with Gasteiger partial charge in [0.05, 0.1) is 12.7 Å². The molecular formula is C49H85NO2. The second-order valence-corrected chi connectivity index (χ2v) is 16.6. The second kappa shape index (κ2) is 30.6. The first-order valence-electron chi connectivity index (χ1n) is 22.6. The van der Waals surface area contributed by atoms with E-state index in [1.54, 1.807) is 0 Å². The molecule has 0 aromatic rings. The lowest BCUT2D eigenvalue weighted by Crippen LogP contribution is -2.31. The molecule has 3 atom stereocenters. The first kappa shape index (κ1) is 46.4. The predicted molar refractivity (Wildman–Crippen MR) is 231 cm³/mol. The Balaban J connectivity index is 1.69. The highest BCUT2D eigenvalue weighted by molar-refractivity contribution is 5.81. The van der Waals surface area contributed by atoms with Crippen molar-refractivity contribution in [2.24, 2.45) is 16.3 Å². The fourth-order valence-electron chi connectivity index (χ4n) is 7.63. The lowest BCUT2D eigenvalue weighted by molar-refractivity contribution is -0.180. The summed E-state index contributed by atoms with van der Waals surface area (Å²) in [7, 11) is 0. The van der Waals surface area contributed by atoms with E-state index in [1.807, 2.05) is 0 Å². The molecule has 0 aromatic carbocycles. The summed E-state index contributed by atoms with van der Waals surface area (Å²) in [6.07, 6.45) is 56.9. The number of hydrogen-bond acceptors (Lipinski definition) is 3. The first-order chi connectivity index (χ1) is 25.4. The van der Waals surface area contributed by atoms with Gasteiger partial charge >= 0.3 is 0 Å². The average Bonchev–Trinajstić information content (AvgIpc) is 3.56. The van der Waals surface area contributed by atoms with Crippen molar-refractivity contribution in [1.29, 1.82) is 0 Å². The first-order valence-corrected chi connectivity index (χ1v) is 22.6. The van der Waals surface area contributed by atoms with Crippen LogP contribution in [0.2, 0.25) is 0 Å². The van der Waals surface area contributed by atoms with Crippen molar-refractivity contribution < 1.29 is 9.47 Å². The Morgan fingerprint density at radius 1 is 0.692 bits per heavy atom. The molecule has 298 valence electrons. The summed E-state index contributed by atoms with van der Waals surface area (Å²) in [6, 6.07) is 0. The highest BCUT2D eigenvalue weighted by Gasteiger charge is 2.40.